The molecule has 0 aromatic heterocycles. The molecule has 1 saturated heterocycles. The molecule has 1 aromatic rings. The van der Waals surface area contributed by atoms with Crippen molar-refractivity contribution in [3.05, 3.63) is 30.3 Å². The maximum atomic E-state index is 11.9. The summed E-state index contributed by atoms with van der Waals surface area (Å²) in [6.07, 6.45) is 1.76. The van der Waals surface area contributed by atoms with Crippen molar-refractivity contribution in [2.45, 2.75) is 18.9 Å². The Hall–Kier alpha value is -1.30. The average Bonchev–Trinajstić information content (AvgIpc) is 2.48. The minimum atomic E-state index is 0. The third kappa shape index (κ3) is 6.33. The summed E-state index contributed by atoms with van der Waals surface area (Å²) in [6, 6.07) is 9.79. The molecular weight excluding hydrogens is 292 g/mol. The van der Waals surface area contributed by atoms with E-state index in [4.69, 9.17) is 15.2 Å². The molecule has 1 aliphatic rings. The zero-order valence-corrected chi connectivity index (χ0v) is 12.9. The molecule has 1 aromatic carbocycles. The predicted molar refractivity (Wildman–Crippen MR) is 83.8 cm³/mol. The summed E-state index contributed by atoms with van der Waals surface area (Å²) in [6.45, 7) is 2.46. The van der Waals surface area contributed by atoms with E-state index in [0.29, 0.717) is 13.2 Å². The Morgan fingerprint density at radius 3 is 2.52 bits per heavy atom. The molecule has 0 atom stereocenters. The summed E-state index contributed by atoms with van der Waals surface area (Å²) in [7, 11) is 0. The molecule has 0 radical (unpaired) electrons. The summed E-state index contributed by atoms with van der Waals surface area (Å²) in [5.41, 5.74) is 5.81. The lowest BCUT2D eigenvalue weighted by Crippen LogP contribution is -2.44. The van der Waals surface area contributed by atoms with E-state index in [1.54, 1.807) is 0 Å². The predicted octanol–water partition coefficient (Wildman–Crippen LogP) is 1.45. The van der Waals surface area contributed by atoms with E-state index in [9.17, 15) is 4.79 Å². The summed E-state index contributed by atoms with van der Waals surface area (Å²) in [5.74, 6) is 0.851. The number of halogens is 1. The lowest BCUT2D eigenvalue weighted by molar-refractivity contribution is -0.137. The SMILES string of the molecule is Cl.NC1CCN(C(=O)COCCOc2ccccc2)CC1. The number of nitrogens with two attached hydrogens (primary N) is 1. The fraction of sp³-hybridized carbons (Fsp3) is 0.533. The Morgan fingerprint density at radius 1 is 1.19 bits per heavy atom. The highest BCUT2D eigenvalue weighted by Crippen LogP contribution is 2.09. The highest BCUT2D eigenvalue weighted by atomic mass is 35.5. The van der Waals surface area contributed by atoms with E-state index in [-0.39, 0.29) is 31.0 Å². The van der Waals surface area contributed by atoms with Crippen LogP contribution in [0.4, 0.5) is 0 Å². The molecule has 0 bridgehead atoms. The second-order valence-corrected chi connectivity index (χ2v) is 4.93. The van der Waals surface area contributed by atoms with E-state index in [2.05, 4.69) is 0 Å². The Bertz CT molecular complexity index is 409. The molecule has 0 unspecified atom stereocenters. The van der Waals surface area contributed by atoms with E-state index < -0.39 is 0 Å². The number of piperidine rings is 1. The number of ether oxygens (including phenoxy) is 2. The number of carbonyl (C=O) groups excluding carboxylic acids is 1. The summed E-state index contributed by atoms with van der Waals surface area (Å²) in [4.78, 5) is 13.7. The van der Waals surface area contributed by atoms with Gasteiger partial charge >= 0.3 is 0 Å². The van der Waals surface area contributed by atoms with Gasteiger partial charge in [0.25, 0.3) is 0 Å². The third-order valence-corrected chi connectivity index (χ3v) is 3.36. The van der Waals surface area contributed by atoms with Crippen LogP contribution < -0.4 is 10.5 Å². The van der Waals surface area contributed by atoms with Crippen LogP contribution in [0, 0.1) is 0 Å². The zero-order valence-electron chi connectivity index (χ0n) is 12.1. The highest BCUT2D eigenvalue weighted by molar-refractivity contribution is 5.85. The number of amides is 1. The number of benzene rings is 1. The van der Waals surface area contributed by atoms with Crippen molar-refractivity contribution >= 4 is 18.3 Å². The minimum absolute atomic E-state index is 0. The largest absolute Gasteiger partial charge is 0.491 e. The van der Waals surface area contributed by atoms with Crippen LogP contribution in [-0.4, -0.2) is 49.8 Å². The quantitative estimate of drug-likeness (QED) is 0.807. The average molecular weight is 315 g/mol. The van der Waals surface area contributed by atoms with Gasteiger partial charge in [0.15, 0.2) is 0 Å². The zero-order chi connectivity index (χ0) is 14.2. The Labute approximate surface area is 131 Å². The minimum Gasteiger partial charge on any atom is -0.491 e. The Morgan fingerprint density at radius 2 is 1.86 bits per heavy atom. The van der Waals surface area contributed by atoms with E-state index in [0.717, 1.165) is 31.7 Å². The van der Waals surface area contributed by atoms with Crippen molar-refractivity contribution in [1.29, 1.82) is 0 Å². The number of hydrogen-bond acceptors (Lipinski definition) is 4. The van der Waals surface area contributed by atoms with Gasteiger partial charge in [-0.25, -0.2) is 0 Å². The summed E-state index contributed by atoms with van der Waals surface area (Å²) in [5, 5.41) is 0. The topological polar surface area (TPSA) is 64.8 Å². The van der Waals surface area contributed by atoms with Gasteiger partial charge in [-0.1, -0.05) is 18.2 Å². The molecule has 0 spiro atoms. The first-order valence-corrected chi connectivity index (χ1v) is 7.04. The first-order chi connectivity index (χ1) is 9.75. The molecule has 1 aliphatic heterocycles. The van der Waals surface area contributed by atoms with Gasteiger partial charge in [-0.3, -0.25) is 4.79 Å². The number of para-hydroxylation sites is 1. The lowest BCUT2D eigenvalue weighted by atomic mass is 10.1. The fourth-order valence-corrected chi connectivity index (χ4v) is 2.13. The van der Waals surface area contributed by atoms with Gasteiger partial charge in [0.05, 0.1) is 6.61 Å². The van der Waals surface area contributed by atoms with Gasteiger partial charge in [0, 0.05) is 19.1 Å². The van der Waals surface area contributed by atoms with Gasteiger partial charge in [-0.05, 0) is 25.0 Å². The van der Waals surface area contributed by atoms with Crippen LogP contribution in [0.3, 0.4) is 0 Å². The smallest absolute Gasteiger partial charge is 0.248 e. The van der Waals surface area contributed by atoms with Crippen molar-refractivity contribution in [2.24, 2.45) is 5.73 Å². The lowest BCUT2D eigenvalue weighted by Gasteiger charge is -2.30. The molecule has 118 valence electrons. The molecule has 21 heavy (non-hydrogen) atoms. The second-order valence-electron chi connectivity index (χ2n) is 4.93. The second kappa shape index (κ2) is 9.60. The van der Waals surface area contributed by atoms with Crippen LogP contribution in [-0.2, 0) is 9.53 Å². The standard InChI is InChI=1S/C15H22N2O3.ClH/c16-13-6-8-17(9-7-13)15(18)12-19-10-11-20-14-4-2-1-3-5-14;/h1-5,13H,6-12,16H2;1H. The van der Waals surface area contributed by atoms with Gasteiger partial charge in [-0.15, -0.1) is 12.4 Å². The number of hydrogen-bond donors (Lipinski definition) is 1. The van der Waals surface area contributed by atoms with Crippen molar-refractivity contribution in [2.75, 3.05) is 32.9 Å². The molecular formula is C15H23ClN2O3. The Balaban J connectivity index is 0.00000220. The van der Waals surface area contributed by atoms with Crippen LogP contribution in [0.25, 0.3) is 0 Å². The number of likely N-dealkylation sites (tertiary alicyclic amines) is 1. The molecule has 1 heterocycles. The number of rotatable bonds is 6. The normalized spacial score (nSPS) is 15.4. The van der Waals surface area contributed by atoms with Gasteiger partial charge in [-0.2, -0.15) is 0 Å². The van der Waals surface area contributed by atoms with Crippen molar-refractivity contribution in [3.63, 3.8) is 0 Å². The molecule has 1 amide bonds. The molecule has 2 rings (SSSR count). The van der Waals surface area contributed by atoms with Gasteiger partial charge in [0.1, 0.15) is 19.0 Å². The van der Waals surface area contributed by atoms with E-state index in [1.807, 2.05) is 35.2 Å². The number of nitrogens with zero attached hydrogens (tertiary/aromatic N) is 1. The van der Waals surface area contributed by atoms with E-state index in [1.165, 1.54) is 0 Å². The molecule has 0 saturated carbocycles. The summed E-state index contributed by atoms with van der Waals surface area (Å²) < 4.78 is 10.8. The molecule has 0 aliphatic carbocycles. The van der Waals surface area contributed by atoms with Crippen LogP contribution >= 0.6 is 12.4 Å². The molecule has 2 N–H and O–H groups in total. The fourth-order valence-electron chi connectivity index (χ4n) is 2.13. The Kier molecular flexibility index (Phi) is 8.12. The van der Waals surface area contributed by atoms with Crippen LogP contribution in [0.15, 0.2) is 30.3 Å². The molecule has 5 nitrogen and oxygen atoms in total. The van der Waals surface area contributed by atoms with Gasteiger partial charge in [0.2, 0.25) is 5.91 Å². The molecule has 1 fully saturated rings. The first kappa shape index (κ1) is 17.8. The van der Waals surface area contributed by atoms with Crippen molar-refractivity contribution in [3.8, 4) is 5.75 Å². The van der Waals surface area contributed by atoms with Crippen LogP contribution in [0.2, 0.25) is 0 Å². The number of carbonyl (C=O) groups is 1. The van der Waals surface area contributed by atoms with Crippen molar-refractivity contribution < 1.29 is 14.3 Å². The van der Waals surface area contributed by atoms with E-state index >= 15 is 0 Å². The summed E-state index contributed by atoms with van der Waals surface area (Å²) >= 11 is 0. The monoisotopic (exact) mass is 314 g/mol. The first-order valence-electron chi connectivity index (χ1n) is 7.04. The van der Waals surface area contributed by atoms with Gasteiger partial charge < -0.3 is 20.1 Å². The highest BCUT2D eigenvalue weighted by Gasteiger charge is 2.20. The van der Waals surface area contributed by atoms with Crippen LogP contribution in [0.1, 0.15) is 12.8 Å². The molecule has 6 heteroatoms. The maximum absolute atomic E-state index is 11.9. The third-order valence-electron chi connectivity index (χ3n) is 3.36. The van der Waals surface area contributed by atoms with Crippen molar-refractivity contribution in [1.82, 2.24) is 4.90 Å². The maximum Gasteiger partial charge on any atom is 0.248 e. The van der Waals surface area contributed by atoms with Crippen LogP contribution in [0.5, 0.6) is 5.75 Å².